The van der Waals surface area contributed by atoms with Crippen molar-refractivity contribution in [3.8, 4) is 0 Å². The number of anilines is 2. The van der Waals surface area contributed by atoms with Gasteiger partial charge in [-0.05, 0) is 89.5 Å². The van der Waals surface area contributed by atoms with E-state index in [2.05, 4.69) is 150 Å². The Balaban J connectivity index is 1.99. The van der Waals surface area contributed by atoms with Crippen LogP contribution in [0.1, 0.15) is 133 Å². The molecule has 20 atom stereocenters. The highest BCUT2D eigenvalue weighted by molar-refractivity contribution is 7.80. The Morgan fingerprint density at radius 2 is 0.652 bits per heavy atom. The Morgan fingerprint density at radius 3 is 0.972 bits per heavy atom. The van der Waals surface area contributed by atoms with E-state index < -0.39 is 397 Å². The van der Waals surface area contributed by atoms with Crippen LogP contribution in [0.15, 0.2) is 35.3 Å². The van der Waals surface area contributed by atoms with E-state index in [-0.39, 0.29) is 35.6 Å². The van der Waals surface area contributed by atoms with E-state index in [1.54, 1.807) is 0 Å². The third-order valence-electron chi connectivity index (χ3n) is 20.6. The zero-order chi connectivity index (χ0) is 106. The third kappa shape index (κ3) is 43.9. The quantitative estimate of drug-likeness (QED) is 0.0233. The molecule has 0 saturated heterocycles. The second kappa shape index (κ2) is 62.5. The molecule has 3 aromatic rings. The number of carbonyl (C=O) groups is 21. The number of benzene rings is 1. The lowest BCUT2D eigenvalue weighted by molar-refractivity contribution is -0.142. The highest BCUT2D eigenvalue weighted by atomic mass is 32.1. The van der Waals surface area contributed by atoms with Gasteiger partial charge in [0.2, 0.25) is 82.7 Å². The van der Waals surface area contributed by atoms with Crippen LogP contribution in [-0.4, -0.2) is 391 Å². The predicted molar refractivity (Wildman–Crippen MR) is 496 cm³/mol. The Hall–Kier alpha value is -12.7. The number of aromatic nitrogens is 4. The zero-order valence-electron chi connectivity index (χ0n) is 75.5. The van der Waals surface area contributed by atoms with Gasteiger partial charge in [-0.1, -0.05) is 0 Å². The van der Waals surface area contributed by atoms with Gasteiger partial charge in [0.25, 0.3) is 11.5 Å². The van der Waals surface area contributed by atoms with Crippen LogP contribution in [0.2, 0.25) is 0 Å². The number of rotatable bonds is 68. The summed E-state index contributed by atoms with van der Waals surface area (Å²) < 4.78 is 0. The Morgan fingerprint density at radius 1 is 0.362 bits per heavy atom. The number of nitrogens with zero attached hydrogens (tertiary/aromatic N) is 3. The van der Waals surface area contributed by atoms with Crippen LogP contribution >= 0.6 is 50.5 Å². The lowest BCUT2D eigenvalue weighted by Gasteiger charge is -2.28. The smallest absolute Gasteiger partial charge is 0.327 e. The molecule has 784 valence electrons. The maximum absolute atomic E-state index is 14.5. The van der Waals surface area contributed by atoms with E-state index in [0.717, 1.165) is 13.8 Å². The van der Waals surface area contributed by atoms with Crippen LogP contribution in [0.4, 0.5) is 11.6 Å². The fourth-order valence-electron chi connectivity index (χ4n) is 12.4. The van der Waals surface area contributed by atoms with Gasteiger partial charge in [0.05, 0.1) is 43.9 Å². The van der Waals surface area contributed by atoms with Crippen LogP contribution in [0.25, 0.3) is 11.2 Å². The van der Waals surface area contributed by atoms with Gasteiger partial charge in [-0.3, -0.25) is 91.3 Å². The maximum Gasteiger partial charge on any atom is 0.327 e. The molecule has 0 aliphatic carbocycles. The van der Waals surface area contributed by atoms with Crippen molar-refractivity contribution >= 4 is 197 Å². The van der Waals surface area contributed by atoms with Crippen LogP contribution < -0.4 is 91.0 Å². The molecule has 14 amide bonds. The molecule has 2 aromatic heterocycles. The molecule has 33 N–H and O–H groups in total. The largest absolute Gasteiger partial charge is 0.481 e. The number of thiol groups is 4. The summed E-state index contributed by atoms with van der Waals surface area (Å²) in [5.41, 5.74) is 5.44. The van der Waals surface area contributed by atoms with E-state index >= 15 is 0 Å². The summed E-state index contributed by atoms with van der Waals surface area (Å²) in [6.45, 7) is -1.76. The fourth-order valence-corrected chi connectivity index (χ4v) is 13.5. The van der Waals surface area contributed by atoms with Crippen molar-refractivity contribution < 1.29 is 177 Å². The van der Waals surface area contributed by atoms with Crippen LogP contribution in [0, 0.1) is 0 Å². The molecule has 3 rings (SSSR count). The van der Waals surface area contributed by atoms with Gasteiger partial charge in [0, 0.05) is 98.7 Å². The van der Waals surface area contributed by atoms with E-state index in [1.165, 1.54) is 30.5 Å². The van der Waals surface area contributed by atoms with Crippen LogP contribution in [0.5, 0.6) is 0 Å². The first-order valence-electron chi connectivity index (χ1n) is 43.0. The van der Waals surface area contributed by atoms with Crippen LogP contribution in [-0.2, 0) is 102 Å². The van der Waals surface area contributed by atoms with Crippen molar-refractivity contribution in [2.24, 2.45) is 0 Å². The lowest BCUT2D eigenvalue weighted by Crippen LogP contribution is -2.61. The summed E-state index contributed by atoms with van der Waals surface area (Å²) >= 11 is 16.3. The molecular formula is C80H118N20O37S4. The second-order valence-corrected chi connectivity index (χ2v) is 33.1. The number of nitrogens with one attached hydrogen (secondary N) is 16. The molecule has 1 aromatic carbocycles. The number of nitrogens with two attached hydrogens (primary N) is 1. The molecule has 0 bridgehead atoms. The molecule has 61 heteroatoms. The number of carboxylic acid groups (broad SMARTS) is 5. The first kappa shape index (κ1) is 122. The lowest BCUT2D eigenvalue weighted by atomic mass is 10.0. The molecule has 0 unspecified atom stereocenters. The number of Topliss-reactive ketones (excluding diaryl/α,β-unsaturated/α-hetero) is 2. The summed E-state index contributed by atoms with van der Waals surface area (Å²) in [4.78, 5) is 308. The Bertz CT molecular complexity index is 4920. The minimum Gasteiger partial charge on any atom is -0.481 e. The number of H-pyrrole nitrogens is 1. The minimum atomic E-state index is -2.22. The number of aliphatic hydroxyl groups excluding tert-OH is 10. The summed E-state index contributed by atoms with van der Waals surface area (Å²) in [6.07, 6.45) is -27.6. The number of carbonyl (C=O) groups excluding carboxylic acids is 16. The van der Waals surface area contributed by atoms with Crippen molar-refractivity contribution in [2.75, 3.05) is 60.4 Å². The van der Waals surface area contributed by atoms with Gasteiger partial charge in [-0.2, -0.15) is 55.5 Å². The van der Waals surface area contributed by atoms with Crippen molar-refractivity contribution in [1.82, 2.24) is 94.4 Å². The highest BCUT2D eigenvalue weighted by Crippen LogP contribution is 2.18. The van der Waals surface area contributed by atoms with Crippen molar-refractivity contribution in [2.45, 2.75) is 244 Å². The maximum atomic E-state index is 14.5. The van der Waals surface area contributed by atoms with Gasteiger partial charge in [-0.25, -0.2) is 19.6 Å². The fraction of sp³-hybridized carbons (Fsp3) is 0.588. The Kier molecular flexibility index (Phi) is 54.3. The van der Waals surface area contributed by atoms with E-state index in [4.69, 9.17) is 5.73 Å². The summed E-state index contributed by atoms with van der Waals surface area (Å²) in [6, 6.07) is -17.7. The third-order valence-corrected chi connectivity index (χ3v) is 22.0. The number of fused-ring (bicyclic) bond motifs is 1. The van der Waals surface area contributed by atoms with Crippen molar-refractivity contribution in [3.05, 3.63) is 52.1 Å². The van der Waals surface area contributed by atoms with Crippen molar-refractivity contribution in [1.29, 1.82) is 0 Å². The number of aromatic amines is 1. The first-order chi connectivity index (χ1) is 66.3. The normalized spacial score (nSPS) is 15.5. The van der Waals surface area contributed by atoms with E-state index in [1.807, 2.05) is 0 Å². The molecule has 0 saturated carbocycles. The topological polar surface area (TPSA) is 940 Å². The van der Waals surface area contributed by atoms with Crippen LogP contribution in [0.3, 0.4) is 0 Å². The van der Waals surface area contributed by atoms with Gasteiger partial charge in [0.1, 0.15) is 121 Å². The first-order valence-corrected chi connectivity index (χ1v) is 45.6. The molecule has 0 spiro atoms. The average Bonchev–Trinajstić information content (AvgIpc) is 0.802. The SMILES string of the molecule is CC(=O)CC[C@H](NC(=O)[C@H](CCC(=O)O)NC(=O)[C@H](CS)NC(=O)[C@H](CCC(=O)NC[C@H](O)[C@@H](O)[C@H](O)[C@H](O)CO)NC(=O)[C@H](CCC(=O)O)NC(=O)[C@H](CS)NC(=O)[C@H](CCC(C)=O)NC(=O)[C@H](CCC(=O)O)NC(=O)[C@H](CS)NC(=O)[C@H](CCC(=O)NC[C@H](O)[C@@H](O)[C@H](O)[C@H](O)CO)NC(=O)CC[C@H](NC(=O)c1ccc(NCc2cnc3nc(N)[nH]c(=O)c3n2)cc1)C(=O)O)C(=O)N[C@@H](CS)C(=O)O. The molecule has 0 radical (unpaired) electrons. The second-order valence-electron chi connectivity index (χ2n) is 31.7. The number of carboxylic acids is 5. The summed E-state index contributed by atoms with van der Waals surface area (Å²) in [5, 5.41) is 182. The van der Waals surface area contributed by atoms with Gasteiger partial charge >= 0.3 is 29.8 Å². The molecule has 0 fully saturated rings. The van der Waals surface area contributed by atoms with Gasteiger partial charge in [0.15, 0.2) is 11.2 Å². The molecule has 141 heavy (non-hydrogen) atoms. The van der Waals surface area contributed by atoms with Gasteiger partial charge < -0.3 is 172 Å². The zero-order valence-corrected chi connectivity index (χ0v) is 79.1. The number of hydrogen-bond donors (Lipinski definition) is 36. The Labute approximate surface area is 822 Å². The number of aliphatic carboxylic acids is 5. The molecule has 57 nitrogen and oxygen atoms in total. The van der Waals surface area contributed by atoms with E-state index in [9.17, 15) is 182 Å². The molecule has 0 aliphatic rings. The number of aliphatic hydroxyl groups is 10. The number of amides is 14. The molecular weight excluding hydrogens is 1960 g/mol. The minimum absolute atomic E-state index is 0.0117. The number of nitrogen functional groups attached to an aromatic ring is 1. The predicted octanol–water partition coefficient (Wildman–Crippen LogP) is -13.0. The standard InChI is InChI=1S/C80H118N20O37S4/c1-33(103)3-9-39(71(127)96-47(30-139)75(131)93-44(16-22-59(116)117)70(126)90-41(12-18-55(110)84-26-51(106)62(119)64(121)53(108)28-102)72(128)97-48(31-140)76(132)92-43(15-21-58(114)115)69(125)89-40(10-4-34(2)104)73(129)98-49(32-141)79(136)137)88-68(124)42(14-20-57(112)113)91-74(130)46(29-138)95-67(123)38(11-17-54(109)83-25-50(105)61(118)63(120)52(107)27-101)87-56(111)19-13-45(78(134)135)94-66(122)35-5-7-36(8-6-35)82-23-37-24-85-65-60(86-37)77(133)100-80(81)99-65/h5-8,24,38-53,61-64,82,101-102,105-108,118-121,138-141H,3-4,9-23,25-32H2,1-2H3,(H,83,109)(H,84,110)(H,87,111)(H,88,124)(H,89,125)(H,90,126)(H,91,130)(H,92,132)(H,93,131)(H,94,122)(H,95,123)(H,96,127)(H,97,128)(H,98,129)(H,112,113)(H,114,115)(H,116,117)(H,134,135)(H,136,137)(H3,81,85,99,100,133)/t38-,39-,40-,41-,42-,43-,44-,45-,46-,47-,48-,49-,50-,51-,52+,53+,61+,62+,63+,64+/m0/s1. The highest BCUT2D eigenvalue weighted by Gasteiger charge is 2.40. The van der Waals surface area contributed by atoms with Crippen molar-refractivity contribution in [3.63, 3.8) is 0 Å². The average molecular weight is 2080 g/mol. The monoisotopic (exact) mass is 2080 g/mol. The number of hydrogen-bond acceptors (Lipinski definition) is 41. The van der Waals surface area contributed by atoms with Gasteiger partial charge in [-0.15, -0.1) is 0 Å². The summed E-state index contributed by atoms with van der Waals surface area (Å²) in [5.74, 6) is -29.9. The van der Waals surface area contributed by atoms with E-state index in [0.29, 0.717) is 11.4 Å². The summed E-state index contributed by atoms with van der Waals surface area (Å²) in [7, 11) is 0. The number of ketones is 2. The molecule has 2 heterocycles. The molecule has 0 aliphatic heterocycles.